The van der Waals surface area contributed by atoms with E-state index < -0.39 is 35.5 Å². The molecule has 1 fully saturated rings. The van der Waals surface area contributed by atoms with Crippen LogP contribution < -0.4 is 11.2 Å². The summed E-state index contributed by atoms with van der Waals surface area (Å²) >= 11 is 5.62. The molecule has 0 saturated heterocycles. The first-order valence-corrected chi connectivity index (χ1v) is 10.9. The number of carbonyl (C=O) groups is 4. The molecule has 0 bridgehead atoms. The van der Waals surface area contributed by atoms with Crippen LogP contribution in [0.2, 0.25) is 0 Å². The van der Waals surface area contributed by atoms with Crippen molar-refractivity contribution in [3.8, 4) is 0 Å². The van der Waals surface area contributed by atoms with Gasteiger partial charge in [-0.05, 0) is 33.1 Å². The van der Waals surface area contributed by atoms with Crippen molar-refractivity contribution in [2.24, 2.45) is 11.7 Å². The molecule has 1 aliphatic rings. The van der Waals surface area contributed by atoms with E-state index in [0.29, 0.717) is 12.3 Å². The van der Waals surface area contributed by atoms with Crippen molar-refractivity contribution >= 4 is 35.4 Å². The lowest BCUT2D eigenvalue weighted by Crippen LogP contribution is -2.56. The van der Waals surface area contributed by atoms with E-state index in [9.17, 15) is 19.2 Å². The molecule has 0 aliphatic heterocycles. The van der Waals surface area contributed by atoms with Gasteiger partial charge in [0, 0.05) is 13.5 Å². The lowest BCUT2D eigenvalue weighted by molar-refractivity contribution is -0.142. The van der Waals surface area contributed by atoms with Gasteiger partial charge in [0.2, 0.25) is 5.91 Å². The topological polar surface area (TPSA) is 122 Å². The van der Waals surface area contributed by atoms with Crippen LogP contribution in [-0.4, -0.2) is 64.8 Å². The molecule has 0 radical (unpaired) electrons. The Hall–Kier alpha value is -2.03. The van der Waals surface area contributed by atoms with Gasteiger partial charge in [-0.15, -0.1) is 11.6 Å². The number of likely N-dealkylation sites (N-methyl/N-ethyl adjacent to an activating group) is 1. The molecule has 30 heavy (non-hydrogen) atoms. The van der Waals surface area contributed by atoms with Crippen molar-refractivity contribution in [3.05, 3.63) is 0 Å². The minimum atomic E-state index is -0.831. The van der Waals surface area contributed by atoms with Crippen molar-refractivity contribution in [3.63, 3.8) is 0 Å². The van der Waals surface area contributed by atoms with Gasteiger partial charge in [0.05, 0.1) is 6.54 Å². The lowest BCUT2D eigenvalue weighted by Gasteiger charge is -2.34. The quantitative estimate of drug-likeness (QED) is 0.437. The highest BCUT2D eigenvalue weighted by atomic mass is 35.5. The number of alkyl halides is 1. The van der Waals surface area contributed by atoms with E-state index in [4.69, 9.17) is 22.1 Å². The first-order valence-electron chi connectivity index (χ1n) is 10.4. The van der Waals surface area contributed by atoms with Gasteiger partial charge in [-0.25, -0.2) is 4.79 Å². The number of amides is 4. The van der Waals surface area contributed by atoms with Crippen molar-refractivity contribution in [2.45, 2.75) is 77.4 Å². The zero-order valence-electron chi connectivity index (χ0n) is 18.4. The minimum absolute atomic E-state index is 0.0983. The van der Waals surface area contributed by atoms with E-state index >= 15 is 0 Å². The molecule has 3 N–H and O–H groups in total. The maximum atomic E-state index is 13.1. The van der Waals surface area contributed by atoms with E-state index in [1.807, 2.05) is 0 Å². The summed E-state index contributed by atoms with van der Waals surface area (Å²) in [6, 6.07) is -0.831. The normalized spacial score (nSPS) is 15.8. The molecule has 1 rings (SSSR count). The van der Waals surface area contributed by atoms with Crippen LogP contribution in [0.15, 0.2) is 0 Å². The molecular weight excluding hydrogens is 412 g/mol. The van der Waals surface area contributed by atoms with Crippen molar-refractivity contribution in [2.75, 3.05) is 19.5 Å². The molecule has 4 amide bonds. The summed E-state index contributed by atoms with van der Waals surface area (Å²) in [6.45, 7) is 5.15. The molecule has 1 saturated carbocycles. The zero-order valence-corrected chi connectivity index (χ0v) is 19.2. The van der Waals surface area contributed by atoms with Crippen LogP contribution in [0.5, 0.6) is 0 Å². The molecule has 9 nitrogen and oxygen atoms in total. The van der Waals surface area contributed by atoms with E-state index in [0.717, 1.165) is 30.7 Å². The maximum Gasteiger partial charge on any atom is 0.410 e. The van der Waals surface area contributed by atoms with Crippen LogP contribution in [-0.2, 0) is 19.1 Å². The second-order valence-corrected chi connectivity index (χ2v) is 8.99. The minimum Gasteiger partial charge on any atom is -0.444 e. The van der Waals surface area contributed by atoms with E-state index in [1.165, 1.54) is 18.4 Å². The van der Waals surface area contributed by atoms with E-state index in [-0.39, 0.29) is 18.8 Å². The van der Waals surface area contributed by atoms with Crippen molar-refractivity contribution < 1.29 is 23.9 Å². The second-order valence-electron chi connectivity index (χ2n) is 8.72. The third-order valence-corrected chi connectivity index (χ3v) is 5.20. The Morgan fingerprint density at radius 1 is 1.17 bits per heavy atom. The summed E-state index contributed by atoms with van der Waals surface area (Å²) in [5, 5.41) is 0.983. The molecule has 0 heterocycles. The Morgan fingerprint density at radius 3 is 2.27 bits per heavy atom. The average molecular weight is 447 g/mol. The van der Waals surface area contributed by atoms with Gasteiger partial charge < -0.3 is 10.5 Å². The summed E-state index contributed by atoms with van der Waals surface area (Å²) < 4.78 is 5.42. The highest BCUT2D eigenvalue weighted by Crippen LogP contribution is 2.29. The molecule has 0 spiro atoms. The third-order valence-electron chi connectivity index (χ3n) is 4.98. The Balaban J connectivity index is 2.98. The van der Waals surface area contributed by atoms with Crippen molar-refractivity contribution in [1.82, 2.24) is 15.3 Å². The number of hydrogen-bond acceptors (Lipinski definition) is 5. The van der Waals surface area contributed by atoms with Gasteiger partial charge in [-0.3, -0.25) is 29.7 Å². The number of primary amides is 1. The first-order chi connectivity index (χ1) is 13.9. The second kappa shape index (κ2) is 12.0. The Morgan fingerprint density at radius 2 is 1.77 bits per heavy atom. The molecule has 172 valence electrons. The molecule has 0 unspecified atom stereocenters. The predicted molar refractivity (Wildman–Crippen MR) is 113 cm³/mol. The Labute approximate surface area is 183 Å². The summed E-state index contributed by atoms with van der Waals surface area (Å²) in [7, 11) is 1.51. The number of halogens is 1. The van der Waals surface area contributed by atoms with Crippen LogP contribution in [0, 0.1) is 5.92 Å². The van der Waals surface area contributed by atoms with Crippen LogP contribution in [0.1, 0.15) is 65.7 Å². The molecule has 0 aromatic heterocycles. The van der Waals surface area contributed by atoms with Crippen molar-refractivity contribution in [1.29, 1.82) is 0 Å². The number of nitrogens with two attached hydrogens (primary N) is 1. The molecule has 0 aromatic rings. The lowest BCUT2D eigenvalue weighted by atomic mass is 9.84. The fourth-order valence-corrected chi connectivity index (χ4v) is 3.53. The van der Waals surface area contributed by atoms with Crippen LogP contribution in [0.4, 0.5) is 4.79 Å². The standard InChI is InChI=1S/C20H35ClN4O5/c1-20(2,3)30-19(29)24(4)15(12-14-8-6-5-7-9-14)18(28)23-25(17(27)13-21)11-10-16(22)26/h14-15H,5-13H2,1-4H3,(H2,22,26)(H,23,28)/t15-/m0/s1. The molecule has 10 heteroatoms. The van der Waals surface area contributed by atoms with E-state index in [2.05, 4.69) is 5.43 Å². The highest BCUT2D eigenvalue weighted by molar-refractivity contribution is 6.27. The zero-order chi connectivity index (χ0) is 22.9. The van der Waals surface area contributed by atoms with Gasteiger partial charge in [-0.2, -0.15) is 0 Å². The average Bonchev–Trinajstić information content (AvgIpc) is 2.67. The third kappa shape index (κ3) is 9.19. The molecule has 1 aliphatic carbocycles. The smallest absolute Gasteiger partial charge is 0.410 e. The SMILES string of the molecule is CN(C(=O)OC(C)(C)C)[C@@H](CC1CCCCC1)C(=O)NN(CCC(N)=O)C(=O)CCl. The Kier molecular flexibility index (Phi) is 10.4. The number of rotatable bonds is 8. The monoisotopic (exact) mass is 446 g/mol. The first kappa shape index (κ1) is 26.0. The highest BCUT2D eigenvalue weighted by Gasteiger charge is 2.34. The summed E-state index contributed by atoms with van der Waals surface area (Å²) in [5.41, 5.74) is 6.96. The molecule has 0 aromatic carbocycles. The summed E-state index contributed by atoms with van der Waals surface area (Å²) in [4.78, 5) is 50.1. The molecule has 1 atom stereocenters. The van der Waals surface area contributed by atoms with Gasteiger partial charge >= 0.3 is 6.09 Å². The number of nitrogens with one attached hydrogen (secondary N) is 1. The number of hydrogen-bond donors (Lipinski definition) is 2. The fraction of sp³-hybridized carbons (Fsp3) is 0.800. The fourth-order valence-electron chi connectivity index (χ4n) is 3.39. The largest absolute Gasteiger partial charge is 0.444 e. The number of nitrogens with zero attached hydrogens (tertiary/aromatic N) is 2. The van der Waals surface area contributed by atoms with Gasteiger partial charge in [0.15, 0.2) is 0 Å². The van der Waals surface area contributed by atoms with Gasteiger partial charge in [-0.1, -0.05) is 32.1 Å². The Bertz CT molecular complexity index is 617. The molecular formula is C20H35ClN4O5. The van der Waals surface area contributed by atoms with Gasteiger partial charge in [0.1, 0.15) is 17.5 Å². The van der Waals surface area contributed by atoms with Crippen LogP contribution in [0.25, 0.3) is 0 Å². The summed E-state index contributed by atoms with van der Waals surface area (Å²) in [6.07, 6.45) is 5.02. The number of carbonyl (C=O) groups excluding carboxylic acids is 4. The summed E-state index contributed by atoms with van der Waals surface area (Å²) in [5.74, 6) is -1.78. The van der Waals surface area contributed by atoms with Crippen LogP contribution >= 0.6 is 11.6 Å². The number of ether oxygens (including phenoxy) is 1. The van der Waals surface area contributed by atoms with E-state index in [1.54, 1.807) is 20.8 Å². The maximum absolute atomic E-state index is 13.1. The van der Waals surface area contributed by atoms with Gasteiger partial charge in [0.25, 0.3) is 11.8 Å². The van der Waals surface area contributed by atoms with Crippen LogP contribution in [0.3, 0.4) is 0 Å². The number of hydrazine groups is 1. The predicted octanol–water partition coefficient (Wildman–Crippen LogP) is 2.17.